The fourth-order valence-electron chi connectivity index (χ4n) is 2.53. The molecule has 0 radical (unpaired) electrons. The van der Waals surface area contributed by atoms with Crippen LogP contribution in [0.3, 0.4) is 0 Å². The van der Waals surface area contributed by atoms with Crippen molar-refractivity contribution in [3.05, 3.63) is 78.0 Å². The van der Waals surface area contributed by atoms with Gasteiger partial charge in [0.05, 0.1) is 11.4 Å². The predicted octanol–water partition coefficient (Wildman–Crippen LogP) is 2.73. The summed E-state index contributed by atoms with van der Waals surface area (Å²) in [5.41, 5.74) is 7.73. The first-order valence-electron chi connectivity index (χ1n) is 8.41. The Morgan fingerprint density at radius 2 is 1.56 bits per heavy atom. The van der Waals surface area contributed by atoms with Gasteiger partial charge in [-0.3, -0.25) is 4.79 Å². The monoisotopic (exact) mass is 364 g/mol. The first-order chi connectivity index (χ1) is 12.9. The van der Waals surface area contributed by atoms with Crippen molar-refractivity contribution in [2.45, 2.75) is 19.1 Å². The van der Waals surface area contributed by atoms with Crippen LogP contribution in [0.4, 0.5) is 0 Å². The maximum atomic E-state index is 11.0. The Morgan fingerprint density at radius 1 is 0.963 bits per heavy atom. The van der Waals surface area contributed by atoms with Gasteiger partial charge in [0.25, 0.3) is 0 Å². The summed E-state index contributed by atoms with van der Waals surface area (Å²) in [5.74, 6) is 0.423. The Morgan fingerprint density at radius 3 is 2.15 bits per heavy atom. The SMILES string of the molecule is Cc1ccc(Oc2ccc(-c3cccc([C@H](O)[C@@H](O)C(N)=O)n3)cc2)cc1. The molecular formula is C21H20N2O4. The lowest BCUT2D eigenvalue weighted by Crippen LogP contribution is -2.34. The number of amides is 1. The molecule has 0 aliphatic carbocycles. The number of primary amides is 1. The topological polar surface area (TPSA) is 106 Å². The molecular weight excluding hydrogens is 344 g/mol. The van der Waals surface area contributed by atoms with Crippen LogP contribution in [-0.4, -0.2) is 27.2 Å². The van der Waals surface area contributed by atoms with Crippen LogP contribution in [0.5, 0.6) is 11.5 Å². The highest BCUT2D eigenvalue weighted by Crippen LogP contribution is 2.26. The van der Waals surface area contributed by atoms with Crippen LogP contribution < -0.4 is 10.5 Å². The third kappa shape index (κ3) is 4.49. The summed E-state index contributed by atoms with van der Waals surface area (Å²) in [6, 6.07) is 20.0. The molecule has 27 heavy (non-hydrogen) atoms. The van der Waals surface area contributed by atoms with E-state index in [0.29, 0.717) is 11.4 Å². The molecule has 4 N–H and O–H groups in total. The molecule has 2 atom stereocenters. The maximum absolute atomic E-state index is 11.0. The highest BCUT2D eigenvalue weighted by atomic mass is 16.5. The van der Waals surface area contributed by atoms with Crippen LogP contribution in [0.25, 0.3) is 11.3 Å². The second kappa shape index (κ2) is 7.99. The fraction of sp³-hybridized carbons (Fsp3) is 0.143. The zero-order valence-electron chi connectivity index (χ0n) is 14.7. The van der Waals surface area contributed by atoms with E-state index in [4.69, 9.17) is 10.5 Å². The molecule has 1 aromatic heterocycles. The highest BCUT2D eigenvalue weighted by molar-refractivity contribution is 5.79. The van der Waals surface area contributed by atoms with Gasteiger partial charge in [0.15, 0.2) is 6.10 Å². The van der Waals surface area contributed by atoms with Crippen LogP contribution in [0.1, 0.15) is 17.4 Å². The smallest absolute Gasteiger partial charge is 0.249 e. The first kappa shape index (κ1) is 18.6. The van der Waals surface area contributed by atoms with Crippen LogP contribution in [-0.2, 0) is 4.79 Å². The summed E-state index contributed by atoms with van der Waals surface area (Å²) >= 11 is 0. The molecule has 1 amide bonds. The third-order valence-electron chi connectivity index (χ3n) is 4.07. The molecule has 0 unspecified atom stereocenters. The number of carbonyl (C=O) groups excluding carboxylic acids is 1. The number of hydrogen-bond acceptors (Lipinski definition) is 5. The number of nitrogens with zero attached hydrogens (tertiary/aromatic N) is 1. The summed E-state index contributed by atoms with van der Waals surface area (Å²) in [5, 5.41) is 19.6. The molecule has 0 bridgehead atoms. The number of aliphatic hydroxyl groups is 2. The van der Waals surface area contributed by atoms with Crippen molar-refractivity contribution in [1.82, 2.24) is 4.98 Å². The highest BCUT2D eigenvalue weighted by Gasteiger charge is 2.24. The van der Waals surface area contributed by atoms with Gasteiger partial charge in [-0.2, -0.15) is 0 Å². The summed E-state index contributed by atoms with van der Waals surface area (Å²) in [4.78, 5) is 15.4. The molecule has 3 rings (SSSR count). The lowest BCUT2D eigenvalue weighted by molar-refractivity contribution is -0.132. The summed E-state index contributed by atoms with van der Waals surface area (Å²) < 4.78 is 5.80. The van der Waals surface area contributed by atoms with E-state index in [0.717, 1.165) is 16.9 Å². The Balaban J connectivity index is 1.78. The van der Waals surface area contributed by atoms with Crippen molar-refractivity contribution in [1.29, 1.82) is 0 Å². The van der Waals surface area contributed by atoms with Crippen molar-refractivity contribution in [3.63, 3.8) is 0 Å². The number of hydrogen-bond donors (Lipinski definition) is 3. The van der Waals surface area contributed by atoms with Gasteiger partial charge in [-0.15, -0.1) is 0 Å². The molecule has 0 fully saturated rings. The average Bonchev–Trinajstić information content (AvgIpc) is 2.69. The van der Waals surface area contributed by atoms with Crippen LogP contribution in [0.15, 0.2) is 66.7 Å². The van der Waals surface area contributed by atoms with Crippen molar-refractivity contribution < 1.29 is 19.7 Å². The van der Waals surface area contributed by atoms with E-state index in [1.807, 2.05) is 55.5 Å². The van der Waals surface area contributed by atoms with Gasteiger partial charge in [0.1, 0.15) is 17.6 Å². The Labute approximate surface area is 156 Å². The molecule has 0 spiro atoms. The molecule has 1 heterocycles. The van der Waals surface area contributed by atoms with Crippen molar-refractivity contribution in [3.8, 4) is 22.8 Å². The minimum absolute atomic E-state index is 0.166. The van der Waals surface area contributed by atoms with Gasteiger partial charge >= 0.3 is 0 Å². The number of pyridine rings is 1. The van der Waals surface area contributed by atoms with Crippen molar-refractivity contribution in [2.75, 3.05) is 0 Å². The van der Waals surface area contributed by atoms with E-state index < -0.39 is 18.1 Å². The molecule has 2 aromatic carbocycles. The molecule has 138 valence electrons. The van der Waals surface area contributed by atoms with Crippen molar-refractivity contribution in [2.24, 2.45) is 5.73 Å². The normalized spacial score (nSPS) is 13.0. The Kier molecular flexibility index (Phi) is 5.49. The van der Waals surface area contributed by atoms with E-state index >= 15 is 0 Å². The number of rotatable bonds is 6. The molecule has 6 heteroatoms. The predicted molar refractivity (Wildman–Crippen MR) is 101 cm³/mol. The second-order valence-electron chi connectivity index (χ2n) is 6.18. The van der Waals surface area contributed by atoms with Crippen LogP contribution in [0.2, 0.25) is 0 Å². The number of ether oxygens (including phenoxy) is 1. The Bertz CT molecular complexity index is 924. The molecule has 6 nitrogen and oxygen atoms in total. The first-order valence-corrected chi connectivity index (χ1v) is 8.41. The number of benzene rings is 2. The third-order valence-corrected chi connectivity index (χ3v) is 4.07. The summed E-state index contributed by atoms with van der Waals surface area (Å²) in [6.45, 7) is 2.01. The summed E-state index contributed by atoms with van der Waals surface area (Å²) in [7, 11) is 0. The molecule has 3 aromatic rings. The maximum Gasteiger partial charge on any atom is 0.249 e. The van der Waals surface area contributed by atoms with Gasteiger partial charge < -0.3 is 20.7 Å². The number of nitrogens with two attached hydrogens (primary N) is 1. The van der Waals surface area contributed by atoms with Crippen LogP contribution in [0, 0.1) is 6.92 Å². The standard InChI is InChI=1S/C21H20N2O4/c1-13-5-9-15(10-6-13)27-16-11-7-14(8-12-16)17-3-2-4-18(23-17)19(24)20(25)21(22)26/h2-12,19-20,24-25H,1H3,(H2,22,26)/t19-,20+/m0/s1. The minimum atomic E-state index is -1.71. The lowest BCUT2D eigenvalue weighted by atomic mass is 10.1. The van der Waals surface area contributed by atoms with E-state index in [1.54, 1.807) is 12.1 Å². The van der Waals surface area contributed by atoms with Gasteiger partial charge in [-0.05, 0) is 55.5 Å². The molecule has 0 aliphatic rings. The van der Waals surface area contributed by atoms with E-state index in [1.165, 1.54) is 6.07 Å². The molecule has 0 aliphatic heterocycles. The van der Waals surface area contributed by atoms with Crippen LogP contribution >= 0.6 is 0 Å². The quantitative estimate of drug-likeness (QED) is 0.624. The largest absolute Gasteiger partial charge is 0.457 e. The van der Waals surface area contributed by atoms with Crippen molar-refractivity contribution >= 4 is 5.91 Å². The van der Waals surface area contributed by atoms with E-state index in [9.17, 15) is 15.0 Å². The second-order valence-corrected chi connectivity index (χ2v) is 6.18. The van der Waals surface area contributed by atoms with Gasteiger partial charge in [0, 0.05) is 5.56 Å². The number of aromatic nitrogens is 1. The van der Waals surface area contributed by atoms with E-state index in [2.05, 4.69) is 4.98 Å². The van der Waals surface area contributed by atoms with E-state index in [-0.39, 0.29) is 5.69 Å². The zero-order chi connectivity index (χ0) is 19.4. The summed E-state index contributed by atoms with van der Waals surface area (Å²) in [6.07, 6.45) is -3.19. The van der Waals surface area contributed by atoms with Gasteiger partial charge in [-0.1, -0.05) is 23.8 Å². The molecule has 0 saturated heterocycles. The number of aryl methyl sites for hydroxylation is 1. The fourth-order valence-corrected chi connectivity index (χ4v) is 2.53. The average molecular weight is 364 g/mol. The number of carbonyl (C=O) groups is 1. The number of aliphatic hydroxyl groups excluding tert-OH is 2. The lowest BCUT2D eigenvalue weighted by Gasteiger charge is -2.15. The zero-order valence-corrected chi connectivity index (χ0v) is 14.7. The minimum Gasteiger partial charge on any atom is -0.457 e. The molecule has 0 saturated carbocycles. The van der Waals surface area contributed by atoms with Gasteiger partial charge in [0.2, 0.25) is 5.91 Å². The Hall–Kier alpha value is -3.22. The van der Waals surface area contributed by atoms with Gasteiger partial charge in [-0.25, -0.2) is 4.98 Å².